The first kappa shape index (κ1) is 11.1. The third-order valence-electron chi connectivity index (χ3n) is 1.71. The molecule has 0 spiro atoms. The molecule has 0 aromatic heterocycles. The van der Waals surface area contributed by atoms with Gasteiger partial charge in [-0.3, -0.25) is 4.79 Å². The molecular formula is C8H15NO3. The van der Waals surface area contributed by atoms with Gasteiger partial charge in [-0.15, -0.1) is 0 Å². The van der Waals surface area contributed by atoms with Crippen LogP contribution in [0, 0.1) is 0 Å². The molecule has 1 unspecified atom stereocenters. The Morgan fingerprint density at radius 2 is 2.17 bits per heavy atom. The zero-order valence-electron chi connectivity index (χ0n) is 7.49. The predicted molar refractivity (Wildman–Crippen MR) is 45.0 cm³/mol. The number of carbonyl (C=O) groups excluding carboxylic acids is 1. The molecule has 12 heavy (non-hydrogen) atoms. The lowest BCUT2D eigenvalue weighted by Crippen LogP contribution is -2.29. The lowest BCUT2D eigenvalue weighted by atomic mass is 10.1. The molecule has 0 amide bonds. The minimum Gasteiger partial charge on any atom is -0.481 e. The van der Waals surface area contributed by atoms with Crippen LogP contribution in [-0.2, 0) is 9.59 Å². The highest BCUT2D eigenvalue weighted by Crippen LogP contribution is 2.03. The molecule has 0 aliphatic heterocycles. The van der Waals surface area contributed by atoms with E-state index in [4.69, 9.17) is 5.11 Å². The summed E-state index contributed by atoms with van der Waals surface area (Å²) in [4.78, 5) is 22.4. The minimum absolute atomic E-state index is 0.137. The van der Waals surface area contributed by atoms with Crippen LogP contribution < -0.4 is 0 Å². The topological polar surface area (TPSA) is 57.6 Å². The van der Waals surface area contributed by atoms with Crippen molar-refractivity contribution in [3.8, 4) is 0 Å². The number of carboxylic acid groups (broad SMARTS) is 1. The minimum atomic E-state index is -0.807. The van der Waals surface area contributed by atoms with Crippen LogP contribution in [0.2, 0.25) is 0 Å². The van der Waals surface area contributed by atoms with Crippen molar-refractivity contribution in [1.29, 1.82) is 0 Å². The van der Waals surface area contributed by atoms with Gasteiger partial charge >= 0.3 is 5.97 Å². The SMILES string of the molecule is CN(C)C(C=O)CCCC(=O)O. The van der Waals surface area contributed by atoms with Crippen LogP contribution in [0.25, 0.3) is 0 Å². The van der Waals surface area contributed by atoms with E-state index in [2.05, 4.69) is 0 Å². The lowest BCUT2D eigenvalue weighted by Gasteiger charge is -2.17. The van der Waals surface area contributed by atoms with Gasteiger partial charge in [0.15, 0.2) is 0 Å². The fraction of sp³-hybridized carbons (Fsp3) is 0.750. The van der Waals surface area contributed by atoms with Crippen LogP contribution in [0.4, 0.5) is 0 Å². The number of aldehydes is 1. The molecule has 0 aromatic carbocycles. The molecule has 70 valence electrons. The van der Waals surface area contributed by atoms with Gasteiger partial charge in [0.25, 0.3) is 0 Å². The van der Waals surface area contributed by atoms with Gasteiger partial charge in [-0.2, -0.15) is 0 Å². The highest BCUT2D eigenvalue weighted by Gasteiger charge is 2.09. The van der Waals surface area contributed by atoms with Crippen LogP contribution >= 0.6 is 0 Å². The number of likely N-dealkylation sites (N-methyl/N-ethyl adjacent to an activating group) is 1. The maximum absolute atomic E-state index is 10.4. The molecule has 0 radical (unpaired) electrons. The summed E-state index contributed by atoms with van der Waals surface area (Å²) < 4.78 is 0. The van der Waals surface area contributed by atoms with Crippen molar-refractivity contribution < 1.29 is 14.7 Å². The van der Waals surface area contributed by atoms with Gasteiger partial charge in [-0.1, -0.05) is 0 Å². The van der Waals surface area contributed by atoms with Crippen molar-refractivity contribution in [1.82, 2.24) is 4.90 Å². The second-order valence-electron chi connectivity index (χ2n) is 2.95. The quantitative estimate of drug-likeness (QED) is 0.589. The molecule has 0 saturated heterocycles. The van der Waals surface area contributed by atoms with Crippen molar-refractivity contribution in [2.45, 2.75) is 25.3 Å². The summed E-state index contributed by atoms with van der Waals surface area (Å²) in [5.74, 6) is -0.807. The molecule has 0 aliphatic carbocycles. The molecule has 0 fully saturated rings. The summed E-state index contributed by atoms with van der Waals surface area (Å²) >= 11 is 0. The van der Waals surface area contributed by atoms with Crippen LogP contribution in [0.5, 0.6) is 0 Å². The third kappa shape index (κ3) is 4.85. The van der Waals surface area contributed by atoms with Crippen molar-refractivity contribution in [2.24, 2.45) is 0 Å². The largest absolute Gasteiger partial charge is 0.481 e. The second-order valence-corrected chi connectivity index (χ2v) is 2.95. The molecule has 0 bridgehead atoms. The number of aliphatic carboxylic acids is 1. The van der Waals surface area contributed by atoms with E-state index in [1.807, 2.05) is 0 Å². The van der Waals surface area contributed by atoms with E-state index < -0.39 is 5.97 Å². The second kappa shape index (κ2) is 5.71. The fourth-order valence-electron chi connectivity index (χ4n) is 0.910. The zero-order chi connectivity index (χ0) is 9.56. The number of hydrogen-bond donors (Lipinski definition) is 1. The normalized spacial score (nSPS) is 12.9. The monoisotopic (exact) mass is 173 g/mol. The number of hydrogen-bond acceptors (Lipinski definition) is 3. The van der Waals surface area contributed by atoms with Crippen LogP contribution in [0.15, 0.2) is 0 Å². The van der Waals surface area contributed by atoms with E-state index in [9.17, 15) is 9.59 Å². The Bertz CT molecular complexity index is 156. The number of carbonyl (C=O) groups is 2. The molecule has 0 rings (SSSR count). The van der Waals surface area contributed by atoms with Crippen molar-refractivity contribution >= 4 is 12.3 Å². The fourth-order valence-corrected chi connectivity index (χ4v) is 0.910. The lowest BCUT2D eigenvalue weighted by molar-refractivity contribution is -0.137. The average Bonchev–Trinajstić information content (AvgIpc) is 1.96. The predicted octanol–water partition coefficient (Wildman–Crippen LogP) is 0.370. The van der Waals surface area contributed by atoms with Gasteiger partial charge in [0.1, 0.15) is 6.29 Å². The van der Waals surface area contributed by atoms with E-state index in [-0.39, 0.29) is 12.5 Å². The number of carboxylic acids is 1. The van der Waals surface area contributed by atoms with Gasteiger partial charge < -0.3 is 14.8 Å². The van der Waals surface area contributed by atoms with E-state index in [0.29, 0.717) is 12.8 Å². The first-order chi connectivity index (χ1) is 5.57. The van der Waals surface area contributed by atoms with Gasteiger partial charge in [0.05, 0.1) is 6.04 Å². The van der Waals surface area contributed by atoms with E-state index >= 15 is 0 Å². The molecule has 4 heteroatoms. The Labute approximate surface area is 72.2 Å². The van der Waals surface area contributed by atoms with Gasteiger partial charge in [-0.05, 0) is 26.9 Å². The smallest absolute Gasteiger partial charge is 0.303 e. The Morgan fingerprint density at radius 3 is 2.50 bits per heavy atom. The van der Waals surface area contributed by atoms with Crippen LogP contribution in [0.3, 0.4) is 0 Å². The zero-order valence-corrected chi connectivity index (χ0v) is 7.49. The summed E-state index contributed by atoms with van der Waals surface area (Å²) in [6.45, 7) is 0. The molecule has 0 aromatic rings. The number of rotatable bonds is 6. The molecule has 1 atom stereocenters. The summed E-state index contributed by atoms with van der Waals surface area (Å²) in [6, 6.07) is -0.149. The summed E-state index contributed by atoms with van der Waals surface area (Å²) in [5.41, 5.74) is 0. The Balaban J connectivity index is 3.58. The van der Waals surface area contributed by atoms with E-state index in [1.165, 1.54) is 0 Å². The van der Waals surface area contributed by atoms with Gasteiger partial charge in [-0.25, -0.2) is 0 Å². The highest BCUT2D eigenvalue weighted by atomic mass is 16.4. The first-order valence-electron chi connectivity index (χ1n) is 3.91. The van der Waals surface area contributed by atoms with Crippen molar-refractivity contribution in [3.63, 3.8) is 0 Å². The summed E-state index contributed by atoms with van der Waals surface area (Å²) in [5, 5.41) is 8.34. The maximum atomic E-state index is 10.4. The summed E-state index contributed by atoms with van der Waals surface area (Å²) in [6.07, 6.45) is 2.15. The standard InChI is InChI=1S/C8H15NO3/c1-9(2)7(6-10)4-3-5-8(11)12/h6-7H,3-5H2,1-2H3,(H,11,12). The van der Waals surface area contributed by atoms with Gasteiger partial charge in [0.2, 0.25) is 0 Å². The average molecular weight is 173 g/mol. The molecule has 0 aliphatic rings. The van der Waals surface area contributed by atoms with Crippen molar-refractivity contribution in [3.05, 3.63) is 0 Å². The Kier molecular flexibility index (Phi) is 5.28. The highest BCUT2D eigenvalue weighted by molar-refractivity contribution is 5.66. The third-order valence-corrected chi connectivity index (χ3v) is 1.71. The maximum Gasteiger partial charge on any atom is 0.303 e. The summed E-state index contributed by atoms with van der Waals surface area (Å²) in [7, 11) is 3.61. The Morgan fingerprint density at radius 1 is 1.58 bits per heavy atom. The molecule has 0 saturated carbocycles. The van der Waals surface area contributed by atoms with Gasteiger partial charge in [0, 0.05) is 6.42 Å². The van der Waals surface area contributed by atoms with E-state index in [1.54, 1.807) is 19.0 Å². The molecule has 1 N–H and O–H groups in total. The molecule has 0 heterocycles. The number of nitrogens with zero attached hydrogens (tertiary/aromatic N) is 1. The van der Waals surface area contributed by atoms with Crippen LogP contribution in [0.1, 0.15) is 19.3 Å². The van der Waals surface area contributed by atoms with Crippen molar-refractivity contribution in [2.75, 3.05) is 14.1 Å². The Hall–Kier alpha value is -0.900. The molecular weight excluding hydrogens is 158 g/mol. The van der Waals surface area contributed by atoms with Crippen LogP contribution in [-0.4, -0.2) is 42.4 Å². The molecule has 4 nitrogen and oxygen atoms in total. The first-order valence-corrected chi connectivity index (χ1v) is 3.91. The van der Waals surface area contributed by atoms with E-state index in [0.717, 1.165) is 6.29 Å².